The van der Waals surface area contributed by atoms with Gasteiger partial charge >= 0.3 is 0 Å². The van der Waals surface area contributed by atoms with Gasteiger partial charge in [-0.2, -0.15) is 0 Å². The van der Waals surface area contributed by atoms with Crippen LogP contribution in [-0.4, -0.2) is 29.9 Å². The zero-order valence-electron chi connectivity index (χ0n) is 10.3. The van der Waals surface area contributed by atoms with E-state index in [4.69, 9.17) is 4.74 Å². The standard InChI is InChI=1S/C12H21NO3/c1-12(2,3)13-11(15)8-16-10-6-4-9(14)5-7-10/h10H,4-8H2,1-3H3,(H,13,15). The first kappa shape index (κ1) is 13.2. The zero-order chi connectivity index (χ0) is 12.2. The van der Waals surface area contributed by atoms with Crippen molar-refractivity contribution in [2.24, 2.45) is 0 Å². The van der Waals surface area contributed by atoms with E-state index in [1.165, 1.54) is 0 Å². The maximum Gasteiger partial charge on any atom is 0.246 e. The van der Waals surface area contributed by atoms with E-state index >= 15 is 0 Å². The van der Waals surface area contributed by atoms with Gasteiger partial charge in [0.2, 0.25) is 5.91 Å². The summed E-state index contributed by atoms with van der Waals surface area (Å²) >= 11 is 0. The first-order valence-electron chi connectivity index (χ1n) is 5.81. The largest absolute Gasteiger partial charge is 0.368 e. The number of hydrogen-bond acceptors (Lipinski definition) is 3. The van der Waals surface area contributed by atoms with E-state index in [2.05, 4.69) is 5.32 Å². The Kier molecular flexibility index (Phi) is 4.47. The molecule has 0 aromatic carbocycles. The molecule has 1 aliphatic carbocycles. The molecule has 0 heterocycles. The van der Waals surface area contributed by atoms with Crippen LogP contribution >= 0.6 is 0 Å². The molecular formula is C12H21NO3. The van der Waals surface area contributed by atoms with Crippen LogP contribution in [0.4, 0.5) is 0 Å². The predicted octanol–water partition coefficient (Wildman–Crippen LogP) is 1.43. The van der Waals surface area contributed by atoms with Gasteiger partial charge in [0.1, 0.15) is 12.4 Å². The third-order valence-electron chi connectivity index (χ3n) is 2.45. The Morgan fingerprint density at radius 1 is 1.38 bits per heavy atom. The van der Waals surface area contributed by atoms with Crippen molar-refractivity contribution < 1.29 is 14.3 Å². The van der Waals surface area contributed by atoms with Crippen molar-refractivity contribution >= 4 is 11.7 Å². The van der Waals surface area contributed by atoms with Crippen LogP contribution in [-0.2, 0) is 14.3 Å². The average Bonchev–Trinajstić information content (AvgIpc) is 2.14. The van der Waals surface area contributed by atoms with Crippen molar-refractivity contribution in [1.29, 1.82) is 0 Å². The van der Waals surface area contributed by atoms with E-state index in [0.29, 0.717) is 18.6 Å². The van der Waals surface area contributed by atoms with Gasteiger partial charge in [-0.25, -0.2) is 0 Å². The van der Waals surface area contributed by atoms with Gasteiger partial charge in [-0.15, -0.1) is 0 Å². The molecule has 0 saturated heterocycles. The topological polar surface area (TPSA) is 55.4 Å². The number of amides is 1. The highest BCUT2D eigenvalue weighted by Crippen LogP contribution is 2.17. The van der Waals surface area contributed by atoms with Gasteiger partial charge < -0.3 is 10.1 Å². The van der Waals surface area contributed by atoms with Crippen LogP contribution in [0.3, 0.4) is 0 Å². The molecule has 0 aromatic heterocycles. The molecule has 4 heteroatoms. The Bertz CT molecular complexity index is 258. The maximum absolute atomic E-state index is 11.5. The van der Waals surface area contributed by atoms with E-state index in [9.17, 15) is 9.59 Å². The first-order valence-corrected chi connectivity index (χ1v) is 5.81. The molecule has 4 nitrogen and oxygen atoms in total. The number of carbonyl (C=O) groups excluding carboxylic acids is 2. The number of carbonyl (C=O) groups is 2. The van der Waals surface area contributed by atoms with E-state index in [1.807, 2.05) is 20.8 Å². The average molecular weight is 227 g/mol. The molecule has 0 atom stereocenters. The molecule has 0 bridgehead atoms. The molecule has 1 aliphatic rings. The Balaban J connectivity index is 2.19. The highest BCUT2D eigenvalue weighted by atomic mass is 16.5. The number of Topliss-reactive ketones (excluding diaryl/α,β-unsaturated/α-hetero) is 1. The molecule has 16 heavy (non-hydrogen) atoms. The number of nitrogens with one attached hydrogen (secondary N) is 1. The van der Waals surface area contributed by atoms with Crippen LogP contribution < -0.4 is 5.32 Å². The lowest BCUT2D eigenvalue weighted by Gasteiger charge is -2.23. The second kappa shape index (κ2) is 5.43. The van der Waals surface area contributed by atoms with E-state index < -0.39 is 0 Å². The van der Waals surface area contributed by atoms with Crippen LogP contribution in [0.25, 0.3) is 0 Å². The van der Waals surface area contributed by atoms with Crippen molar-refractivity contribution in [2.45, 2.75) is 58.1 Å². The summed E-state index contributed by atoms with van der Waals surface area (Å²) in [4.78, 5) is 22.5. The van der Waals surface area contributed by atoms with Crippen LogP contribution in [0.15, 0.2) is 0 Å². The lowest BCUT2D eigenvalue weighted by molar-refractivity contribution is -0.131. The van der Waals surface area contributed by atoms with Crippen molar-refractivity contribution in [3.8, 4) is 0 Å². The molecule has 1 rings (SSSR count). The summed E-state index contributed by atoms with van der Waals surface area (Å²) in [6, 6.07) is 0. The maximum atomic E-state index is 11.5. The summed E-state index contributed by atoms with van der Waals surface area (Å²) < 4.78 is 5.47. The summed E-state index contributed by atoms with van der Waals surface area (Å²) in [7, 11) is 0. The molecule has 1 amide bonds. The number of rotatable bonds is 3. The quantitative estimate of drug-likeness (QED) is 0.793. The summed E-state index contributed by atoms with van der Waals surface area (Å²) in [6.07, 6.45) is 2.75. The molecule has 1 fully saturated rings. The Morgan fingerprint density at radius 2 is 1.94 bits per heavy atom. The van der Waals surface area contributed by atoms with Crippen molar-refractivity contribution in [2.75, 3.05) is 6.61 Å². The minimum Gasteiger partial charge on any atom is -0.368 e. The third kappa shape index (κ3) is 5.26. The Hall–Kier alpha value is -0.900. The molecular weight excluding hydrogens is 206 g/mol. The molecule has 0 aliphatic heterocycles. The SMILES string of the molecule is CC(C)(C)NC(=O)COC1CCC(=O)CC1. The van der Waals surface area contributed by atoms with Gasteiger partial charge in [0.05, 0.1) is 6.10 Å². The second-order valence-electron chi connectivity index (χ2n) is 5.35. The van der Waals surface area contributed by atoms with Gasteiger partial charge in [-0.1, -0.05) is 0 Å². The van der Waals surface area contributed by atoms with E-state index in [-0.39, 0.29) is 24.2 Å². The van der Waals surface area contributed by atoms with Gasteiger partial charge in [-0.05, 0) is 33.6 Å². The minimum atomic E-state index is -0.219. The molecule has 0 unspecified atom stereocenters. The van der Waals surface area contributed by atoms with Crippen molar-refractivity contribution in [3.05, 3.63) is 0 Å². The second-order valence-corrected chi connectivity index (χ2v) is 5.35. The monoisotopic (exact) mass is 227 g/mol. The van der Waals surface area contributed by atoms with Gasteiger partial charge in [-0.3, -0.25) is 9.59 Å². The molecule has 0 aromatic rings. The number of hydrogen-bond donors (Lipinski definition) is 1. The fourth-order valence-electron chi connectivity index (χ4n) is 1.73. The molecule has 0 radical (unpaired) electrons. The van der Waals surface area contributed by atoms with Gasteiger partial charge in [0, 0.05) is 18.4 Å². The predicted molar refractivity (Wildman–Crippen MR) is 61.1 cm³/mol. The van der Waals surface area contributed by atoms with E-state index in [0.717, 1.165) is 12.8 Å². The highest BCUT2D eigenvalue weighted by molar-refractivity contribution is 5.79. The smallest absolute Gasteiger partial charge is 0.246 e. The number of ether oxygens (including phenoxy) is 1. The van der Waals surface area contributed by atoms with E-state index in [1.54, 1.807) is 0 Å². The molecule has 1 N–H and O–H groups in total. The summed E-state index contributed by atoms with van der Waals surface area (Å²) in [5, 5.41) is 2.84. The van der Waals surface area contributed by atoms with Crippen molar-refractivity contribution in [1.82, 2.24) is 5.32 Å². The normalized spacial score (nSPS) is 18.6. The first-order chi connectivity index (χ1) is 7.37. The van der Waals surface area contributed by atoms with Gasteiger partial charge in [0.15, 0.2) is 0 Å². The molecule has 1 saturated carbocycles. The number of ketones is 1. The molecule has 92 valence electrons. The van der Waals surface area contributed by atoms with Crippen LogP contribution in [0, 0.1) is 0 Å². The Morgan fingerprint density at radius 3 is 2.44 bits per heavy atom. The molecule has 0 spiro atoms. The summed E-state index contributed by atoms with van der Waals surface area (Å²) in [5.74, 6) is 0.211. The van der Waals surface area contributed by atoms with Crippen LogP contribution in [0.1, 0.15) is 46.5 Å². The lowest BCUT2D eigenvalue weighted by Crippen LogP contribution is -2.43. The third-order valence-corrected chi connectivity index (χ3v) is 2.45. The summed E-state index contributed by atoms with van der Waals surface area (Å²) in [5.41, 5.74) is -0.219. The minimum absolute atomic E-state index is 0.0726. The fourth-order valence-corrected chi connectivity index (χ4v) is 1.73. The highest BCUT2D eigenvalue weighted by Gasteiger charge is 2.21. The van der Waals surface area contributed by atoms with Crippen LogP contribution in [0.5, 0.6) is 0 Å². The lowest BCUT2D eigenvalue weighted by atomic mass is 9.96. The summed E-state index contributed by atoms with van der Waals surface area (Å²) in [6.45, 7) is 5.90. The zero-order valence-corrected chi connectivity index (χ0v) is 10.3. The van der Waals surface area contributed by atoms with Crippen LogP contribution in [0.2, 0.25) is 0 Å². The van der Waals surface area contributed by atoms with Gasteiger partial charge in [0.25, 0.3) is 0 Å². The fraction of sp³-hybridized carbons (Fsp3) is 0.833. The Labute approximate surface area is 96.7 Å². The van der Waals surface area contributed by atoms with Crippen molar-refractivity contribution in [3.63, 3.8) is 0 Å².